The Morgan fingerprint density at radius 2 is 2.20 bits per heavy atom. The quantitative estimate of drug-likeness (QED) is 0.616. The van der Waals surface area contributed by atoms with Crippen LogP contribution in [0.4, 0.5) is 0 Å². The van der Waals surface area contributed by atoms with Gasteiger partial charge in [-0.05, 0) is 37.0 Å². The summed E-state index contributed by atoms with van der Waals surface area (Å²) in [5.41, 5.74) is 0. The van der Waals surface area contributed by atoms with Crippen LogP contribution in [0.2, 0.25) is 0 Å². The Labute approximate surface area is 72.5 Å². The van der Waals surface area contributed by atoms with Gasteiger partial charge in [0.05, 0.1) is 0 Å². The molecule has 1 saturated carbocycles. The highest BCUT2D eigenvalue weighted by molar-refractivity contribution is 9.09. The first kappa shape index (κ1) is 8.58. The molecule has 1 heteroatoms. The Morgan fingerprint density at radius 1 is 1.50 bits per heavy atom. The summed E-state index contributed by atoms with van der Waals surface area (Å²) >= 11 is 3.46. The lowest BCUT2D eigenvalue weighted by molar-refractivity contribution is 0.502. The summed E-state index contributed by atoms with van der Waals surface area (Å²) in [6.45, 7) is 4.69. The fraction of sp³-hybridized carbons (Fsp3) is 1.00. The van der Waals surface area contributed by atoms with Gasteiger partial charge < -0.3 is 0 Å². The minimum absolute atomic E-state index is 0.931. The number of alkyl halides is 1. The van der Waals surface area contributed by atoms with Crippen LogP contribution in [-0.4, -0.2) is 5.33 Å². The first-order valence-corrected chi connectivity index (χ1v) is 5.43. The summed E-state index contributed by atoms with van der Waals surface area (Å²) in [5.74, 6) is 3.08. The van der Waals surface area contributed by atoms with E-state index in [4.69, 9.17) is 0 Å². The van der Waals surface area contributed by atoms with E-state index in [0.717, 1.165) is 17.8 Å². The molecule has 0 N–H and O–H groups in total. The molecule has 0 bridgehead atoms. The van der Waals surface area contributed by atoms with E-state index in [1.165, 1.54) is 24.6 Å². The second kappa shape index (κ2) is 3.75. The molecule has 60 valence electrons. The van der Waals surface area contributed by atoms with E-state index >= 15 is 0 Å². The van der Waals surface area contributed by atoms with Gasteiger partial charge in [0.1, 0.15) is 0 Å². The van der Waals surface area contributed by atoms with Crippen LogP contribution in [0.25, 0.3) is 0 Å². The zero-order chi connectivity index (χ0) is 7.56. The number of rotatable bonds is 4. The molecule has 10 heavy (non-hydrogen) atoms. The van der Waals surface area contributed by atoms with Gasteiger partial charge in [-0.1, -0.05) is 29.8 Å². The van der Waals surface area contributed by atoms with Gasteiger partial charge in [0, 0.05) is 5.33 Å². The topological polar surface area (TPSA) is 0 Å². The van der Waals surface area contributed by atoms with E-state index < -0.39 is 0 Å². The van der Waals surface area contributed by atoms with Crippen LogP contribution in [0.15, 0.2) is 0 Å². The molecule has 0 radical (unpaired) electrons. The van der Waals surface area contributed by atoms with Crippen LogP contribution in [0.1, 0.15) is 33.1 Å². The van der Waals surface area contributed by atoms with E-state index in [2.05, 4.69) is 29.8 Å². The average molecular weight is 205 g/mol. The molecule has 0 nitrogen and oxygen atoms in total. The highest BCUT2D eigenvalue weighted by Gasteiger charge is 2.37. The van der Waals surface area contributed by atoms with Gasteiger partial charge in [-0.15, -0.1) is 0 Å². The third kappa shape index (κ3) is 2.26. The lowest BCUT2D eigenvalue weighted by atomic mass is 10.1. The van der Waals surface area contributed by atoms with Crippen molar-refractivity contribution in [1.29, 1.82) is 0 Å². The minimum atomic E-state index is 0.931. The molecular formula is C9H17Br. The smallest absolute Gasteiger partial charge is 0.00314 e. The van der Waals surface area contributed by atoms with Crippen LogP contribution < -0.4 is 0 Å². The maximum absolute atomic E-state index is 3.46. The van der Waals surface area contributed by atoms with E-state index in [1.807, 2.05) is 0 Å². The van der Waals surface area contributed by atoms with Crippen LogP contribution in [0, 0.1) is 17.8 Å². The fourth-order valence-electron chi connectivity index (χ4n) is 1.76. The first-order chi connectivity index (χ1) is 4.75. The van der Waals surface area contributed by atoms with Gasteiger partial charge >= 0.3 is 0 Å². The van der Waals surface area contributed by atoms with Crippen molar-refractivity contribution < 1.29 is 0 Å². The molecule has 0 aromatic rings. The van der Waals surface area contributed by atoms with Gasteiger partial charge in [-0.2, -0.15) is 0 Å². The van der Waals surface area contributed by atoms with Crippen molar-refractivity contribution >= 4 is 15.9 Å². The van der Waals surface area contributed by atoms with E-state index in [1.54, 1.807) is 0 Å². The van der Waals surface area contributed by atoms with E-state index in [0.29, 0.717) is 0 Å². The molecule has 0 aromatic carbocycles. The molecule has 1 rings (SSSR count). The van der Waals surface area contributed by atoms with Crippen molar-refractivity contribution in [2.75, 3.05) is 5.33 Å². The van der Waals surface area contributed by atoms with Gasteiger partial charge in [0.25, 0.3) is 0 Å². The molecule has 0 amide bonds. The van der Waals surface area contributed by atoms with Gasteiger partial charge in [-0.3, -0.25) is 0 Å². The molecule has 0 saturated heterocycles. The lowest BCUT2D eigenvalue weighted by Gasteiger charge is -2.01. The number of halogens is 1. The Kier molecular flexibility index (Phi) is 3.22. The molecule has 1 fully saturated rings. The Balaban J connectivity index is 2.02. The van der Waals surface area contributed by atoms with Crippen molar-refractivity contribution in [3.63, 3.8) is 0 Å². The van der Waals surface area contributed by atoms with Gasteiger partial charge in [0.15, 0.2) is 0 Å². The second-order valence-corrected chi connectivity index (χ2v) is 4.53. The van der Waals surface area contributed by atoms with Crippen molar-refractivity contribution in [1.82, 2.24) is 0 Å². The summed E-state index contributed by atoms with van der Waals surface area (Å²) < 4.78 is 0. The molecule has 1 aliphatic rings. The zero-order valence-electron chi connectivity index (χ0n) is 6.94. The third-order valence-corrected chi connectivity index (χ3v) is 3.10. The standard InChI is InChI=1S/C9H17Br/c1-7(2)9-6-8(9)4-3-5-10/h7-9H,3-6H2,1-2H3. The SMILES string of the molecule is CC(C)C1CC1CCCBr. The summed E-state index contributed by atoms with van der Waals surface area (Å²) in [6, 6.07) is 0. The van der Waals surface area contributed by atoms with Crippen molar-refractivity contribution in [3.8, 4) is 0 Å². The predicted molar refractivity (Wildman–Crippen MR) is 49.5 cm³/mol. The molecule has 2 atom stereocenters. The van der Waals surface area contributed by atoms with Gasteiger partial charge in [0.2, 0.25) is 0 Å². The molecule has 0 spiro atoms. The normalized spacial score (nSPS) is 31.2. The van der Waals surface area contributed by atoms with Crippen molar-refractivity contribution in [3.05, 3.63) is 0 Å². The van der Waals surface area contributed by atoms with Gasteiger partial charge in [-0.25, -0.2) is 0 Å². The number of hydrogen-bond acceptors (Lipinski definition) is 0. The van der Waals surface area contributed by atoms with Crippen molar-refractivity contribution in [2.24, 2.45) is 17.8 Å². The Hall–Kier alpha value is 0.480. The fourth-order valence-corrected chi connectivity index (χ4v) is 2.08. The Morgan fingerprint density at radius 3 is 2.60 bits per heavy atom. The molecule has 0 aromatic heterocycles. The van der Waals surface area contributed by atoms with E-state index in [-0.39, 0.29) is 0 Å². The molecular weight excluding hydrogens is 188 g/mol. The summed E-state index contributed by atoms with van der Waals surface area (Å²) in [5, 5.41) is 1.19. The monoisotopic (exact) mass is 204 g/mol. The van der Waals surface area contributed by atoms with Crippen LogP contribution >= 0.6 is 15.9 Å². The maximum atomic E-state index is 3.46. The highest BCUT2D eigenvalue weighted by atomic mass is 79.9. The highest BCUT2D eigenvalue weighted by Crippen LogP contribution is 2.46. The van der Waals surface area contributed by atoms with E-state index in [9.17, 15) is 0 Å². The summed E-state index contributed by atoms with van der Waals surface area (Å²) in [6.07, 6.45) is 4.33. The second-order valence-electron chi connectivity index (χ2n) is 3.73. The van der Waals surface area contributed by atoms with Crippen molar-refractivity contribution in [2.45, 2.75) is 33.1 Å². The minimum Gasteiger partial charge on any atom is -0.0928 e. The summed E-state index contributed by atoms with van der Waals surface area (Å²) in [4.78, 5) is 0. The number of hydrogen-bond donors (Lipinski definition) is 0. The predicted octanol–water partition coefficient (Wildman–Crippen LogP) is 3.45. The first-order valence-electron chi connectivity index (χ1n) is 4.31. The lowest BCUT2D eigenvalue weighted by Crippen LogP contribution is -1.92. The molecule has 1 aliphatic carbocycles. The average Bonchev–Trinajstić information content (AvgIpc) is 2.62. The largest absolute Gasteiger partial charge is 0.0928 e. The molecule has 0 heterocycles. The molecule has 2 unspecified atom stereocenters. The third-order valence-electron chi connectivity index (χ3n) is 2.54. The van der Waals surface area contributed by atoms with Crippen LogP contribution in [0.3, 0.4) is 0 Å². The van der Waals surface area contributed by atoms with Crippen LogP contribution in [-0.2, 0) is 0 Å². The zero-order valence-corrected chi connectivity index (χ0v) is 8.52. The maximum Gasteiger partial charge on any atom is 0.00314 e. The summed E-state index contributed by atoms with van der Waals surface area (Å²) in [7, 11) is 0. The van der Waals surface area contributed by atoms with Crippen LogP contribution in [0.5, 0.6) is 0 Å². The Bertz CT molecular complexity index is 98.9. The molecule has 0 aliphatic heterocycles.